The van der Waals surface area contributed by atoms with Crippen LogP contribution < -0.4 is 5.32 Å². The largest absolute Gasteiger partial charge is 0.444 e. The van der Waals surface area contributed by atoms with Gasteiger partial charge in [0.05, 0.1) is 18.8 Å². The number of hydrogen-bond acceptors (Lipinski definition) is 6. The van der Waals surface area contributed by atoms with Crippen molar-refractivity contribution in [1.82, 2.24) is 20.1 Å². The smallest absolute Gasteiger partial charge is 0.273 e. The summed E-state index contributed by atoms with van der Waals surface area (Å²) in [5.74, 6) is 0.116. The maximum Gasteiger partial charge on any atom is 0.273 e. The van der Waals surface area contributed by atoms with E-state index < -0.39 is 0 Å². The van der Waals surface area contributed by atoms with E-state index in [-0.39, 0.29) is 29.7 Å². The van der Waals surface area contributed by atoms with Gasteiger partial charge in [0.15, 0.2) is 5.69 Å². The van der Waals surface area contributed by atoms with Crippen LogP contribution in [0.25, 0.3) is 11.5 Å². The first kappa shape index (κ1) is 26.1. The van der Waals surface area contributed by atoms with Crippen molar-refractivity contribution in [1.29, 1.82) is 0 Å². The molecule has 0 bridgehead atoms. The topological polar surface area (TPSA) is 87.9 Å². The van der Waals surface area contributed by atoms with Crippen molar-refractivity contribution >= 4 is 11.8 Å². The van der Waals surface area contributed by atoms with Gasteiger partial charge in [-0.25, -0.2) is 4.98 Å². The zero-order chi connectivity index (χ0) is 26.5. The van der Waals surface area contributed by atoms with Crippen LogP contribution in [0.5, 0.6) is 0 Å². The summed E-state index contributed by atoms with van der Waals surface area (Å²) in [5.41, 5.74) is 2.71. The molecule has 38 heavy (non-hydrogen) atoms. The summed E-state index contributed by atoms with van der Waals surface area (Å²) in [6.45, 7) is 2.03. The first-order valence-electron chi connectivity index (χ1n) is 13.5. The number of likely N-dealkylation sites (tertiary alicyclic amines) is 1. The molecule has 200 valence electrons. The van der Waals surface area contributed by atoms with Crippen LogP contribution in [-0.2, 0) is 11.3 Å². The summed E-state index contributed by atoms with van der Waals surface area (Å²) in [5, 5.41) is 3.11. The van der Waals surface area contributed by atoms with E-state index in [0.717, 1.165) is 56.3 Å². The highest BCUT2D eigenvalue weighted by Crippen LogP contribution is 2.24. The number of oxazole rings is 1. The molecule has 5 rings (SSSR count). The van der Waals surface area contributed by atoms with E-state index in [2.05, 4.69) is 15.2 Å². The number of benzene rings is 2. The molecule has 0 spiro atoms. The fraction of sp³-hybridized carbons (Fsp3) is 0.433. The van der Waals surface area contributed by atoms with E-state index in [9.17, 15) is 9.59 Å². The minimum atomic E-state index is -0.267. The molecule has 3 atom stereocenters. The first-order chi connectivity index (χ1) is 18.5. The molecule has 1 aliphatic heterocycles. The second-order valence-corrected chi connectivity index (χ2v) is 10.5. The molecule has 0 radical (unpaired) electrons. The van der Waals surface area contributed by atoms with Gasteiger partial charge in [0.25, 0.3) is 11.8 Å². The maximum absolute atomic E-state index is 13.0. The number of rotatable bonds is 8. The Morgan fingerprint density at radius 3 is 2.55 bits per heavy atom. The normalized spacial score (nSPS) is 21.6. The molecule has 2 heterocycles. The van der Waals surface area contributed by atoms with Gasteiger partial charge in [-0.05, 0) is 63.2 Å². The summed E-state index contributed by atoms with van der Waals surface area (Å²) < 4.78 is 11.8. The average Bonchev–Trinajstić information content (AvgIpc) is 3.64. The van der Waals surface area contributed by atoms with E-state index in [0.29, 0.717) is 24.1 Å². The SMILES string of the molecule is CN(C)[C@@H]1CCN(C(=O)c2ccc(-c3nc(C(=O)N[C@H]4CCCC[C@@H]4OCc4ccccc4)co3)cc2)C1. The maximum atomic E-state index is 13.0. The highest BCUT2D eigenvalue weighted by Gasteiger charge is 2.29. The minimum Gasteiger partial charge on any atom is -0.444 e. The van der Waals surface area contributed by atoms with Crippen molar-refractivity contribution in [2.75, 3.05) is 27.2 Å². The number of carbonyl (C=O) groups is 2. The molecular formula is C30H36N4O4. The Morgan fingerprint density at radius 2 is 1.82 bits per heavy atom. The lowest BCUT2D eigenvalue weighted by Gasteiger charge is -2.32. The minimum absolute atomic E-state index is 0.0323. The fourth-order valence-electron chi connectivity index (χ4n) is 5.28. The number of nitrogens with zero attached hydrogens (tertiary/aromatic N) is 3. The van der Waals surface area contributed by atoms with Crippen LogP contribution in [0.1, 0.15) is 58.5 Å². The molecule has 2 aliphatic rings. The molecule has 0 unspecified atom stereocenters. The van der Waals surface area contributed by atoms with E-state index >= 15 is 0 Å². The Morgan fingerprint density at radius 1 is 1.05 bits per heavy atom. The molecule has 3 aromatic rings. The molecule has 1 N–H and O–H groups in total. The van der Waals surface area contributed by atoms with Crippen LogP contribution in [-0.4, -0.2) is 72.0 Å². The molecule has 2 fully saturated rings. The Kier molecular flexibility index (Phi) is 8.20. The number of ether oxygens (including phenoxy) is 1. The summed E-state index contributed by atoms with van der Waals surface area (Å²) in [6.07, 6.45) is 6.27. The fourth-order valence-corrected chi connectivity index (χ4v) is 5.28. The number of aromatic nitrogens is 1. The van der Waals surface area contributed by atoms with Crippen LogP contribution in [0.3, 0.4) is 0 Å². The average molecular weight is 517 g/mol. The van der Waals surface area contributed by atoms with Crippen molar-refractivity contribution in [3.05, 3.63) is 77.7 Å². The number of nitrogens with one attached hydrogen (secondary N) is 1. The van der Waals surface area contributed by atoms with Gasteiger partial charge in [-0.1, -0.05) is 43.2 Å². The Labute approximate surface area is 224 Å². The Bertz CT molecular complexity index is 1220. The molecule has 1 aromatic heterocycles. The summed E-state index contributed by atoms with van der Waals surface area (Å²) in [7, 11) is 4.09. The third-order valence-electron chi connectivity index (χ3n) is 7.62. The third-order valence-corrected chi connectivity index (χ3v) is 7.62. The van der Waals surface area contributed by atoms with Gasteiger partial charge in [-0.2, -0.15) is 0 Å². The van der Waals surface area contributed by atoms with Gasteiger partial charge in [0.1, 0.15) is 6.26 Å². The van der Waals surface area contributed by atoms with Crippen molar-refractivity contribution in [3.63, 3.8) is 0 Å². The molecule has 8 nitrogen and oxygen atoms in total. The lowest BCUT2D eigenvalue weighted by Crippen LogP contribution is -2.46. The van der Waals surface area contributed by atoms with Gasteiger partial charge in [-0.3, -0.25) is 9.59 Å². The van der Waals surface area contributed by atoms with Crippen molar-refractivity contribution in [2.24, 2.45) is 0 Å². The highest BCUT2D eigenvalue weighted by atomic mass is 16.5. The second kappa shape index (κ2) is 11.9. The van der Waals surface area contributed by atoms with E-state index in [4.69, 9.17) is 9.15 Å². The number of hydrogen-bond donors (Lipinski definition) is 1. The summed E-state index contributed by atoms with van der Waals surface area (Å²) in [4.78, 5) is 34.4. The zero-order valence-corrected chi connectivity index (χ0v) is 22.1. The van der Waals surface area contributed by atoms with Crippen molar-refractivity contribution in [3.8, 4) is 11.5 Å². The van der Waals surface area contributed by atoms with Crippen LogP contribution in [0.15, 0.2) is 65.3 Å². The first-order valence-corrected chi connectivity index (χ1v) is 13.5. The predicted octanol–water partition coefficient (Wildman–Crippen LogP) is 4.38. The standard InChI is InChI=1S/C30H36N4O4/c1-33(2)24-16-17-34(18-24)30(36)23-14-12-22(13-15-23)29-32-26(20-38-29)28(35)31-25-10-6-7-11-27(25)37-19-21-8-4-3-5-9-21/h3-5,8-9,12-15,20,24-25,27H,6-7,10-11,16-19H2,1-2H3,(H,31,35)/t24-,25+,27+/m1/s1. The summed E-state index contributed by atoms with van der Waals surface area (Å²) in [6, 6.07) is 17.6. The van der Waals surface area contributed by atoms with Gasteiger partial charge in [-0.15, -0.1) is 0 Å². The highest BCUT2D eigenvalue weighted by molar-refractivity contribution is 5.95. The molecule has 1 saturated carbocycles. The van der Waals surface area contributed by atoms with E-state index in [1.807, 2.05) is 61.5 Å². The van der Waals surface area contributed by atoms with Crippen molar-refractivity contribution < 1.29 is 18.7 Å². The van der Waals surface area contributed by atoms with Gasteiger partial charge in [0, 0.05) is 30.3 Å². The molecular weight excluding hydrogens is 480 g/mol. The molecule has 8 heteroatoms. The van der Waals surface area contributed by atoms with Crippen LogP contribution in [0, 0.1) is 0 Å². The van der Waals surface area contributed by atoms with Gasteiger partial charge < -0.3 is 24.3 Å². The predicted molar refractivity (Wildman–Crippen MR) is 145 cm³/mol. The zero-order valence-electron chi connectivity index (χ0n) is 22.1. The van der Waals surface area contributed by atoms with E-state index in [1.165, 1.54) is 6.26 Å². The van der Waals surface area contributed by atoms with E-state index in [1.54, 1.807) is 12.1 Å². The Hall–Kier alpha value is -3.49. The van der Waals surface area contributed by atoms with Crippen LogP contribution in [0.4, 0.5) is 0 Å². The summed E-state index contributed by atoms with van der Waals surface area (Å²) >= 11 is 0. The quantitative estimate of drug-likeness (QED) is 0.478. The number of carbonyl (C=O) groups excluding carboxylic acids is 2. The molecule has 2 amide bonds. The van der Waals surface area contributed by atoms with Gasteiger partial charge >= 0.3 is 0 Å². The monoisotopic (exact) mass is 516 g/mol. The van der Waals surface area contributed by atoms with Crippen molar-refractivity contribution in [2.45, 2.75) is 56.9 Å². The molecule has 2 aromatic carbocycles. The molecule has 1 aliphatic carbocycles. The van der Waals surface area contributed by atoms with Crippen LogP contribution >= 0.6 is 0 Å². The van der Waals surface area contributed by atoms with Gasteiger partial charge in [0.2, 0.25) is 5.89 Å². The third kappa shape index (κ3) is 6.14. The Balaban J connectivity index is 1.18. The number of amides is 2. The molecule has 1 saturated heterocycles. The van der Waals surface area contributed by atoms with Crippen LogP contribution in [0.2, 0.25) is 0 Å². The lowest BCUT2D eigenvalue weighted by molar-refractivity contribution is -0.00466. The number of likely N-dealkylation sites (N-methyl/N-ethyl adjacent to an activating group) is 1. The second-order valence-electron chi connectivity index (χ2n) is 10.5. The lowest BCUT2D eigenvalue weighted by atomic mass is 9.92.